The van der Waals surface area contributed by atoms with Crippen molar-refractivity contribution in [1.82, 2.24) is 20.5 Å². The van der Waals surface area contributed by atoms with Crippen molar-refractivity contribution < 1.29 is 32.0 Å². The molecule has 0 bridgehead atoms. The number of H-pyrrole nitrogens is 1. The molecule has 3 heterocycles. The first kappa shape index (κ1) is 24.9. The summed E-state index contributed by atoms with van der Waals surface area (Å²) in [6, 6.07) is 7.32. The SMILES string of the molecule is O=C(Nc1cc(NC(=O)C2CCCc3cn[nH]c32)cc(C(F)(F)F)c1)Nc1c[n+](Cc2ccccn2)no1. The molecule has 0 fully saturated rings. The van der Waals surface area contributed by atoms with Crippen LogP contribution in [0.4, 0.5) is 35.2 Å². The van der Waals surface area contributed by atoms with E-state index in [-0.39, 0.29) is 23.8 Å². The number of carbonyl (C=O) groups excluding carboxylic acids is 2. The Morgan fingerprint density at radius 3 is 2.71 bits per heavy atom. The van der Waals surface area contributed by atoms with E-state index in [1.807, 2.05) is 6.07 Å². The van der Waals surface area contributed by atoms with Gasteiger partial charge in [-0.05, 0) is 59.8 Å². The Balaban J connectivity index is 1.28. The normalized spacial score (nSPS) is 15.0. The van der Waals surface area contributed by atoms with Gasteiger partial charge in [0.15, 0.2) is 0 Å². The van der Waals surface area contributed by atoms with Gasteiger partial charge in [0.1, 0.15) is 5.69 Å². The van der Waals surface area contributed by atoms with E-state index in [4.69, 9.17) is 4.52 Å². The number of anilines is 3. The third-order valence-electron chi connectivity index (χ3n) is 5.94. The Hall–Kier alpha value is -4.75. The van der Waals surface area contributed by atoms with E-state index in [2.05, 4.69) is 36.4 Å². The molecule has 3 aromatic heterocycles. The zero-order valence-electron chi connectivity index (χ0n) is 19.7. The summed E-state index contributed by atoms with van der Waals surface area (Å²) in [6.07, 6.45) is 2.02. The van der Waals surface area contributed by atoms with Crippen LogP contribution in [0.3, 0.4) is 0 Å². The van der Waals surface area contributed by atoms with Gasteiger partial charge >= 0.3 is 18.1 Å². The number of pyridine rings is 1. The lowest BCUT2D eigenvalue weighted by Gasteiger charge is -2.21. The van der Waals surface area contributed by atoms with E-state index < -0.39 is 29.6 Å². The van der Waals surface area contributed by atoms with E-state index in [0.29, 0.717) is 17.8 Å². The lowest BCUT2D eigenvalue weighted by Crippen LogP contribution is -2.35. The maximum absolute atomic E-state index is 13.6. The summed E-state index contributed by atoms with van der Waals surface area (Å²) in [5.74, 6) is -1.07. The van der Waals surface area contributed by atoms with Gasteiger partial charge in [0.05, 0.1) is 23.4 Å². The van der Waals surface area contributed by atoms with Gasteiger partial charge in [-0.15, -0.1) is 0 Å². The van der Waals surface area contributed by atoms with Crippen molar-refractivity contribution in [3.05, 3.63) is 77.5 Å². The molecule has 0 saturated carbocycles. The first-order valence-corrected chi connectivity index (χ1v) is 11.6. The standard InChI is InChI=1S/C24H21F3N8O3/c25-24(26,27)15-8-17(30-22(36)19-6-3-4-14-11-29-33-21(14)19)10-18(9-15)31-23(37)32-20-13-35(34-38-20)12-16-5-1-2-7-28-16/h1-2,5,7-11,13,19H,3-4,6,12H2,(H3-,29,30,31,32,33,34,36,37)/p+1. The largest absolute Gasteiger partial charge is 0.416 e. The molecule has 1 unspecified atom stereocenters. The number of amides is 3. The fourth-order valence-electron chi connectivity index (χ4n) is 4.23. The van der Waals surface area contributed by atoms with Gasteiger partial charge in [0.2, 0.25) is 17.7 Å². The van der Waals surface area contributed by atoms with E-state index in [9.17, 15) is 22.8 Å². The Morgan fingerprint density at radius 2 is 1.95 bits per heavy atom. The van der Waals surface area contributed by atoms with Crippen LogP contribution in [-0.2, 0) is 23.9 Å². The summed E-state index contributed by atoms with van der Waals surface area (Å²) >= 11 is 0. The average molecular weight is 527 g/mol. The number of urea groups is 1. The fraction of sp³-hybridized carbons (Fsp3) is 0.250. The number of carbonyl (C=O) groups is 2. The minimum Gasteiger partial charge on any atom is -0.325 e. The highest BCUT2D eigenvalue weighted by Gasteiger charge is 2.33. The number of alkyl halides is 3. The molecule has 4 aromatic rings. The highest BCUT2D eigenvalue weighted by atomic mass is 19.4. The number of aromatic nitrogens is 5. The number of hydrogen-bond donors (Lipinski definition) is 4. The van der Waals surface area contributed by atoms with Crippen molar-refractivity contribution >= 4 is 29.2 Å². The van der Waals surface area contributed by atoms with Crippen molar-refractivity contribution in [2.45, 2.75) is 37.9 Å². The van der Waals surface area contributed by atoms with E-state index in [1.165, 1.54) is 16.9 Å². The molecule has 38 heavy (non-hydrogen) atoms. The zero-order valence-corrected chi connectivity index (χ0v) is 19.7. The number of aryl methyl sites for hydroxylation is 1. The van der Waals surface area contributed by atoms with Crippen LogP contribution < -0.4 is 20.6 Å². The van der Waals surface area contributed by atoms with Crippen LogP contribution in [0.1, 0.15) is 41.3 Å². The van der Waals surface area contributed by atoms with Crippen LogP contribution in [0.25, 0.3) is 0 Å². The second-order valence-corrected chi connectivity index (χ2v) is 8.70. The Morgan fingerprint density at radius 1 is 1.13 bits per heavy atom. The van der Waals surface area contributed by atoms with Crippen LogP contribution in [0.2, 0.25) is 0 Å². The number of hydrogen-bond acceptors (Lipinski definition) is 6. The van der Waals surface area contributed by atoms with E-state index >= 15 is 0 Å². The number of nitrogens with zero attached hydrogens (tertiary/aromatic N) is 4. The summed E-state index contributed by atoms with van der Waals surface area (Å²) < 4.78 is 47.2. The number of aromatic amines is 1. The minimum atomic E-state index is -4.71. The van der Waals surface area contributed by atoms with Gasteiger partial charge in [-0.2, -0.15) is 18.3 Å². The summed E-state index contributed by atoms with van der Waals surface area (Å²) in [6.45, 7) is 0.283. The molecule has 1 atom stereocenters. The van der Waals surface area contributed by atoms with E-state index in [0.717, 1.165) is 30.5 Å². The molecule has 1 aromatic carbocycles. The molecule has 0 spiro atoms. The predicted molar refractivity (Wildman–Crippen MR) is 127 cm³/mol. The molecule has 4 N–H and O–H groups in total. The molecule has 11 nitrogen and oxygen atoms in total. The van der Waals surface area contributed by atoms with Gasteiger partial charge in [0.25, 0.3) is 6.20 Å². The Kier molecular flexibility index (Phi) is 6.77. The van der Waals surface area contributed by atoms with Crippen molar-refractivity contribution in [2.75, 3.05) is 16.0 Å². The molecule has 3 amide bonds. The molecule has 1 aliphatic carbocycles. The average Bonchev–Trinajstić information content (AvgIpc) is 3.53. The minimum absolute atomic E-state index is 0.0356. The quantitative estimate of drug-likeness (QED) is 0.281. The summed E-state index contributed by atoms with van der Waals surface area (Å²) in [5.41, 5.74) is 0.944. The molecule has 0 saturated heterocycles. The maximum atomic E-state index is 13.6. The van der Waals surface area contributed by atoms with E-state index in [1.54, 1.807) is 24.5 Å². The van der Waals surface area contributed by atoms with Gasteiger partial charge in [-0.25, -0.2) is 4.79 Å². The van der Waals surface area contributed by atoms with Crippen LogP contribution in [0.5, 0.6) is 0 Å². The Labute approximate surface area is 213 Å². The summed E-state index contributed by atoms with van der Waals surface area (Å²) in [5, 5.41) is 17.8. The molecular weight excluding hydrogens is 505 g/mol. The lowest BCUT2D eigenvalue weighted by atomic mass is 9.87. The zero-order chi connectivity index (χ0) is 26.7. The summed E-state index contributed by atoms with van der Waals surface area (Å²) in [4.78, 5) is 29.6. The van der Waals surface area contributed by atoms with Crippen LogP contribution in [-0.4, -0.2) is 32.4 Å². The van der Waals surface area contributed by atoms with Crippen LogP contribution in [0, 0.1) is 0 Å². The highest BCUT2D eigenvalue weighted by molar-refractivity contribution is 6.00. The van der Waals surface area contributed by atoms with Crippen molar-refractivity contribution in [2.24, 2.45) is 0 Å². The van der Waals surface area contributed by atoms with Crippen LogP contribution >= 0.6 is 0 Å². The second kappa shape index (κ2) is 10.3. The molecule has 1 aliphatic rings. The third-order valence-corrected chi connectivity index (χ3v) is 5.94. The monoisotopic (exact) mass is 527 g/mol. The third kappa shape index (κ3) is 5.79. The second-order valence-electron chi connectivity index (χ2n) is 8.70. The lowest BCUT2D eigenvalue weighted by molar-refractivity contribution is -0.755. The number of halogens is 3. The molecule has 5 rings (SSSR count). The molecule has 14 heteroatoms. The number of nitrogens with one attached hydrogen (secondary N) is 4. The maximum Gasteiger partial charge on any atom is 0.416 e. The first-order valence-electron chi connectivity index (χ1n) is 11.6. The molecular formula is C24H22F3N8O3+. The van der Waals surface area contributed by atoms with Crippen molar-refractivity contribution in [3.63, 3.8) is 0 Å². The number of rotatable bonds is 6. The van der Waals surface area contributed by atoms with Crippen molar-refractivity contribution in [1.29, 1.82) is 0 Å². The van der Waals surface area contributed by atoms with Crippen molar-refractivity contribution in [3.8, 4) is 0 Å². The molecule has 0 radical (unpaired) electrons. The summed E-state index contributed by atoms with van der Waals surface area (Å²) in [7, 11) is 0. The fourth-order valence-corrected chi connectivity index (χ4v) is 4.23. The van der Waals surface area contributed by atoms with Gasteiger partial charge in [-0.3, -0.25) is 24.7 Å². The van der Waals surface area contributed by atoms with Gasteiger partial charge in [-0.1, -0.05) is 6.07 Å². The molecule has 0 aliphatic heterocycles. The number of benzene rings is 1. The van der Waals surface area contributed by atoms with Gasteiger partial charge in [0, 0.05) is 17.6 Å². The first-order chi connectivity index (χ1) is 18.2. The smallest absolute Gasteiger partial charge is 0.325 e. The van der Waals surface area contributed by atoms with Crippen LogP contribution in [0.15, 0.2) is 59.5 Å². The molecule has 196 valence electrons. The van der Waals surface area contributed by atoms with Gasteiger partial charge < -0.3 is 10.6 Å². The topological polar surface area (TPSA) is 142 Å². The number of fused-ring (bicyclic) bond motifs is 1. The highest BCUT2D eigenvalue weighted by Crippen LogP contribution is 2.35. The Bertz CT molecular complexity index is 1450. The predicted octanol–water partition coefficient (Wildman–Crippen LogP) is 3.85.